The molecule has 3 aromatic rings. The molecule has 0 aliphatic carbocycles. The van der Waals surface area contributed by atoms with Crippen LogP contribution < -0.4 is 9.31 Å². The molecular weight excluding hydrogens is 555 g/mol. The van der Waals surface area contributed by atoms with Crippen LogP contribution in [0.1, 0.15) is 0 Å². The fourth-order valence-electron chi connectivity index (χ4n) is 3.30. The molecule has 0 unspecified atom stereocenters. The Labute approximate surface area is 189 Å². The van der Waals surface area contributed by atoms with Crippen molar-refractivity contribution in [1.29, 1.82) is 0 Å². The standard InChI is InChI=1S/C24H18N4O.Pt/c1-25-13-14-27(17-25)19-7-5-9-21(15-19)29-22-10-6-8-20(16-22)28-18-26(2)23-11-3-4-12-24(23)28;/h3-14H,1-2H3;/q2*+2. The largest absolute Gasteiger partial charge is 2.00 e. The van der Waals surface area contributed by atoms with Crippen molar-refractivity contribution >= 4 is 34.8 Å². The Bertz CT molecular complexity index is 1330. The molecule has 3 aromatic carbocycles. The number of fused-ring (bicyclic) bond motifs is 1. The van der Waals surface area contributed by atoms with Crippen molar-refractivity contribution in [3.63, 3.8) is 0 Å². The summed E-state index contributed by atoms with van der Waals surface area (Å²) in [5.41, 5.74) is 3.88. The summed E-state index contributed by atoms with van der Waals surface area (Å²) >= 11 is 0. The molecule has 5 rings (SSSR count). The van der Waals surface area contributed by atoms with Crippen molar-refractivity contribution in [3.05, 3.63) is 85.2 Å². The summed E-state index contributed by atoms with van der Waals surface area (Å²) < 4.78 is 13.7. The molecule has 0 aromatic heterocycles. The number of hydrogen-bond acceptors (Lipinski definition) is 1. The van der Waals surface area contributed by atoms with E-state index in [1.165, 1.54) is 0 Å². The molecule has 0 bridgehead atoms. The minimum Gasteiger partial charge on any atom is -0.509 e. The topological polar surface area (TPSA) is 21.3 Å². The van der Waals surface area contributed by atoms with Crippen LogP contribution in [0.3, 0.4) is 0 Å². The number of benzene rings is 3. The summed E-state index contributed by atoms with van der Waals surface area (Å²) in [5.74, 6) is 1.24. The van der Waals surface area contributed by atoms with E-state index in [0.717, 1.165) is 22.7 Å². The van der Waals surface area contributed by atoms with E-state index in [-0.39, 0.29) is 21.1 Å². The summed E-state index contributed by atoms with van der Waals surface area (Å²) in [7, 11) is 3.91. The second kappa shape index (κ2) is 8.18. The predicted octanol–water partition coefficient (Wildman–Crippen LogP) is 4.32. The van der Waals surface area contributed by atoms with Crippen molar-refractivity contribution in [2.75, 3.05) is 14.1 Å². The Morgan fingerprint density at radius 3 is 2.10 bits per heavy atom. The van der Waals surface area contributed by atoms with E-state index in [2.05, 4.69) is 36.3 Å². The van der Waals surface area contributed by atoms with Crippen LogP contribution in [0.2, 0.25) is 0 Å². The van der Waals surface area contributed by atoms with Gasteiger partial charge >= 0.3 is 33.1 Å². The fraction of sp³-hybridized carbons (Fsp3) is 0.0833. The van der Waals surface area contributed by atoms with Gasteiger partial charge in [-0.3, -0.25) is 0 Å². The maximum Gasteiger partial charge on any atom is 2.00 e. The monoisotopic (exact) mass is 573 g/mol. The number of para-hydroxylation sites is 2. The zero-order valence-electron chi connectivity index (χ0n) is 16.4. The molecule has 2 aliphatic rings. The van der Waals surface area contributed by atoms with Crippen molar-refractivity contribution in [3.8, 4) is 11.5 Å². The van der Waals surface area contributed by atoms with Gasteiger partial charge in [0.1, 0.15) is 11.4 Å². The summed E-state index contributed by atoms with van der Waals surface area (Å²) in [6.07, 6.45) is 3.85. The van der Waals surface area contributed by atoms with Crippen molar-refractivity contribution in [2.45, 2.75) is 0 Å². The Morgan fingerprint density at radius 2 is 1.40 bits per heavy atom. The quantitative estimate of drug-likeness (QED) is 0.337. The molecule has 0 spiro atoms. The predicted molar refractivity (Wildman–Crippen MR) is 110 cm³/mol. The van der Waals surface area contributed by atoms with Gasteiger partial charge in [0.25, 0.3) is 17.6 Å². The molecule has 30 heavy (non-hydrogen) atoms. The molecule has 0 amide bonds. The number of rotatable bonds is 4. The van der Waals surface area contributed by atoms with Gasteiger partial charge in [-0.2, -0.15) is 12.1 Å². The molecule has 0 atom stereocenters. The first-order chi connectivity index (χ1) is 14.2. The van der Waals surface area contributed by atoms with E-state index >= 15 is 0 Å². The van der Waals surface area contributed by atoms with E-state index in [4.69, 9.17) is 4.74 Å². The first-order valence-corrected chi connectivity index (χ1v) is 9.26. The van der Waals surface area contributed by atoms with Crippen LogP contribution in [0.5, 0.6) is 11.5 Å². The minimum atomic E-state index is 0. The van der Waals surface area contributed by atoms with Gasteiger partial charge < -0.3 is 4.74 Å². The van der Waals surface area contributed by atoms with Crippen molar-refractivity contribution in [1.82, 2.24) is 4.58 Å². The Hall–Kier alpha value is -3.35. The zero-order valence-corrected chi connectivity index (χ0v) is 18.7. The van der Waals surface area contributed by atoms with E-state index in [9.17, 15) is 0 Å². The molecule has 0 saturated heterocycles. The van der Waals surface area contributed by atoms with Crippen LogP contribution in [0, 0.1) is 12.1 Å². The number of ether oxygens (including phenoxy) is 1. The first kappa shape index (κ1) is 19.9. The van der Waals surface area contributed by atoms with Gasteiger partial charge in [0.05, 0.1) is 0 Å². The molecule has 5 nitrogen and oxygen atoms in total. The summed E-state index contributed by atoms with van der Waals surface area (Å²) in [4.78, 5) is 0. The van der Waals surface area contributed by atoms with Crippen LogP contribution in [-0.4, -0.2) is 39.8 Å². The smallest absolute Gasteiger partial charge is 0.509 e. The minimum absolute atomic E-state index is 0. The molecule has 2 aliphatic heterocycles. The van der Waals surface area contributed by atoms with Crippen LogP contribution >= 0.6 is 0 Å². The Kier molecular flexibility index (Phi) is 5.44. The summed E-state index contributed by atoms with van der Waals surface area (Å²) in [6, 6.07) is 32.9. The molecule has 6 heteroatoms. The average Bonchev–Trinajstić information content (AvgIpc) is 3.32. The zero-order chi connectivity index (χ0) is 19.8. The van der Waals surface area contributed by atoms with Gasteiger partial charge in [-0.05, 0) is 0 Å². The Balaban J connectivity index is 0.00000218. The molecular formula is C24H18N4OPt+4. The van der Waals surface area contributed by atoms with Gasteiger partial charge in [0.2, 0.25) is 6.20 Å². The third kappa shape index (κ3) is 3.75. The van der Waals surface area contributed by atoms with E-state index < -0.39 is 0 Å². The van der Waals surface area contributed by atoms with Crippen LogP contribution in [-0.2, 0) is 21.1 Å². The van der Waals surface area contributed by atoms with Crippen LogP contribution in [0.25, 0.3) is 0 Å². The van der Waals surface area contributed by atoms with Gasteiger partial charge in [-0.1, -0.05) is 54.7 Å². The second-order valence-corrected chi connectivity index (χ2v) is 6.76. The molecule has 146 valence electrons. The van der Waals surface area contributed by atoms with E-state index in [1.54, 1.807) is 0 Å². The maximum atomic E-state index is 6.05. The van der Waals surface area contributed by atoms with Crippen LogP contribution in [0.4, 0.5) is 22.7 Å². The summed E-state index contributed by atoms with van der Waals surface area (Å²) in [5, 5.41) is 0. The van der Waals surface area contributed by atoms with Crippen molar-refractivity contribution in [2.24, 2.45) is 0 Å². The number of hydrogen-bond donors (Lipinski definition) is 0. The van der Waals surface area contributed by atoms with Gasteiger partial charge in [-0.25, -0.2) is 0 Å². The molecule has 0 N–H and O–H groups in total. The summed E-state index contributed by atoms with van der Waals surface area (Å²) in [6.45, 7) is 0. The van der Waals surface area contributed by atoms with E-state index in [1.807, 2.05) is 93.3 Å². The Morgan fingerprint density at radius 1 is 0.733 bits per heavy atom. The first-order valence-electron chi connectivity index (χ1n) is 9.26. The maximum absolute atomic E-state index is 6.05. The fourth-order valence-corrected chi connectivity index (χ4v) is 3.30. The third-order valence-corrected chi connectivity index (χ3v) is 4.67. The number of nitrogens with zero attached hydrogens (tertiary/aromatic N) is 4. The van der Waals surface area contributed by atoms with Crippen LogP contribution in [0.15, 0.2) is 73.1 Å². The second-order valence-electron chi connectivity index (χ2n) is 6.76. The molecule has 2 heterocycles. The third-order valence-electron chi connectivity index (χ3n) is 4.67. The van der Waals surface area contributed by atoms with Gasteiger partial charge in [0, 0.05) is 23.6 Å². The SMILES string of the molecule is C[N+]1=C=[N+](c2[c-]c(Oc3[c-]c([N+]4=C=[N+](C)c5ccccc54)ccc3)ccc2)C=C1.[Pt+2]. The van der Waals surface area contributed by atoms with Gasteiger partial charge in [-0.15, -0.1) is 12.1 Å². The van der Waals surface area contributed by atoms with Crippen molar-refractivity contribution < 1.29 is 39.5 Å². The van der Waals surface area contributed by atoms with Gasteiger partial charge in [0.15, 0.2) is 14.1 Å². The van der Waals surface area contributed by atoms with E-state index in [0.29, 0.717) is 11.5 Å². The molecule has 0 saturated carbocycles. The normalized spacial score (nSPS) is 13.7. The molecule has 0 radical (unpaired) electrons. The average molecular weight is 574 g/mol. The molecule has 0 fully saturated rings.